The first kappa shape index (κ1) is 19.2. The number of nitrogens with zero attached hydrogens (tertiary/aromatic N) is 1. The van der Waals surface area contributed by atoms with E-state index in [0.717, 1.165) is 25.7 Å². The predicted octanol–water partition coefficient (Wildman–Crippen LogP) is 4.21. The number of anilines is 2. The highest BCUT2D eigenvalue weighted by Gasteiger charge is 2.27. The minimum atomic E-state index is -0.356. The highest BCUT2D eigenvalue weighted by Crippen LogP contribution is 2.35. The van der Waals surface area contributed by atoms with Crippen LogP contribution in [0.1, 0.15) is 37.7 Å². The number of rotatable bonds is 4. The molecule has 2 N–H and O–H groups in total. The second-order valence-electron chi connectivity index (χ2n) is 7.48. The van der Waals surface area contributed by atoms with Crippen LogP contribution in [0.2, 0.25) is 0 Å². The van der Waals surface area contributed by atoms with Crippen LogP contribution in [-0.4, -0.2) is 24.6 Å². The Hall–Kier alpha value is -3.09. The standard InChI is InChI=1S/C22H24FN3O3/c23-18-9-5-4-6-15(18)13-26-19-11-10-17(12-20(19)29-14-21(26)27)25-22(28)24-16-7-2-1-3-8-16/h4-6,9-12,16H,1-3,7-8,13-14H2,(H2,24,25,28). The van der Waals surface area contributed by atoms with Gasteiger partial charge in [-0.3, -0.25) is 4.79 Å². The highest BCUT2D eigenvalue weighted by atomic mass is 19.1. The van der Waals surface area contributed by atoms with Crippen LogP contribution < -0.4 is 20.3 Å². The Morgan fingerprint density at radius 3 is 2.72 bits per heavy atom. The summed E-state index contributed by atoms with van der Waals surface area (Å²) in [5.74, 6) is -0.112. The first-order valence-electron chi connectivity index (χ1n) is 9.98. The van der Waals surface area contributed by atoms with Crippen molar-refractivity contribution in [3.8, 4) is 5.75 Å². The fourth-order valence-corrected chi connectivity index (χ4v) is 3.85. The zero-order valence-electron chi connectivity index (χ0n) is 16.1. The summed E-state index contributed by atoms with van der Waals surface area (Å²) >= 11 is 0. The third kappa shape index (κ3) is 4.50. The Bertz CT molecular complexity index is 912. The molecule has 2 aromatic rings. The van der Waals surface area contributed by atoms with E-state index in [2.05, 4.69) is 10.6 Å². The maximum absolute atomic E-state index is 14.0. The summed E-state index contributed by atoms with van der Waals surface area (Å²) in [6.45, 7) is -0.00398. The van der Waals surface area contributed by atoms with Crippen molar-refractivity contribution < 1.29 is 18.7 Å². The summed E-state index contributed by atoms with van der Waals surface area (Å²) in [6.07, 6.45) is 5.53. The molecule has 0 atom stereocenters. The SMILES string of the molecule is O=C(Nc1ccc2c(c1)OCC(=O)N2Cc1ccccc1F)NC1CCCCC1. The molecule has 1 aliphatic carbocycles. The number of urea groups is 1. The lowest BCUT2D eigenvalue weighted by Gasteiger charge is -2.30. The Labute approximate surface area is 169 Å². The maximum atomic E-state index is 14.0. The van der Waals surface area contributed by atoms with Gasteiger partial charge in [-0.25, -0.2) is 9.18 Å². The van der Waals surface area contributed by atoms with E-state index < -0.39 is 0 Å². The number of carbonyl (C=O) groups is 2. The lowest BCUT2D eigenvalue weighted by Crippen LogP contribution is -2.39. The van der Waals surface area contributed by atoms with Gasteiger partial charge in [0, 0.05) is 23.4 Å². The number of benzene rings is 2. The van der Waals surface area contributed by atoms with Crippen LogP contribution in [0.25, 0.3) is 0 Å². The Kier molecular flexibility index (Phi) is 5.64. The largest absolute Gasteiger partial charge is 0.481 e. The molecule has 0 spiro atoms. The van der Waals surface area contributed by atoms with Crippen molar-refractivity contribution in [3.63, 3.8) is 0 Å². The fraction of sp³-hybridized carbons (Fsp3) is 0.364. The highest BCUT2D eigenvalue weighted by molar-refractivity contribution is 5.98. The van der Waals surface area contributed by atoms with E-state index in [0.29, 0.717) is 22.7 Å². The van der Waals surface area contributed by atoms with Gasteiger partial charge in [-0.05, 0) is 31.0 Å². The monoisotopic (exact) mass is 397 g/mol. The van der Waals surface area contributed by atoms with Crippen molar-refractivity contribution in [3.05, 3.63) is 53.8 Å². The summed E-state index contributed by atoms with van der Waals surface area (Å²) < 4.78 is 19.6. The van der Waals surface area contributed by atoms with E-state index in [1.807, 2.05) is 0 Å². The van der Waals surface area contributed by atoms with E-state index in [9.17, 15) is 14.0 Å². The predicted molar refractivity (Wildman–Crippen MR) is 109 cm³/mol. The van der Waals surface area contributed by atoms with Gasteiger partial charge < -0.3 is 20.3 Å². The van der Waals surface area contributed by atoms with E-state index in [4.69, 9.17) is 4.74 Å². The Morgan fingerprint density at radius 1 is 1.14 bits per heavy atom. The lowest BCUT2D eigenvalue weighted by atomic mass is 9.96. The zero-order valence-corrected chi connectivity index (χ0v) is 16.1. The molecule has 0 bridgehead atoms. The molecule has 3 amide bonds. The molecule has 0 saturated heterocycles. The molecule has 1 aliphatic heterocycles. The van der Waals surface area contributed by atoms with Gasteiger partial charge in [0.15, 0.2) is 6.61 Å². The number of halogens is 1. The quantitative estimate of drug-likeness (QED) is 0.812. The average Bonchev–Trinajstić information content (AvgIpc) is 2.72. The number of amides is 3. The number of nitrogens with one attached hydrogen (secondary N) is 2. The van der Waals surface area contributed by atoms with E-state index in [1.54, 1.807) is 36.4 Å². The molecule has 1 saturated carbocycles. The van der Waals surface area contributed by atoms with Crippen LogP contribution in [0.5, 0.6) is 5.75 Å². The normalized spacial score (nSPS) is 16.7. The second-order valence-corrected chi connectivity index (χ2v) is 7.48. The van der Waals surface area contributed by atoms with Crippen LogP contribution in [0.3, 0.4) is 0 Å². The maximum Gasteiger partial charge on any atom is 0.319 e. The van der Waals surface area contributed by atoms with Crippen LogP contribution in [0.4, 0.5) is 20.6 Å². The minimum Gasteiger partial charge on any atom is -0.481 e. The van der Waals surface area contributed by atoms with Gasteiger partial charge in [-0.1, -0.05) is 37.5 Å². The van der Waals surface area contributed by atoms with E-state index >= 15 is 0 Å². The summed E-state index contributed by atoms with van der Waals surface area (Å²) in [6, 6.07) is 11.5. The molecule has 0 aromatic heterocycles. The van der Waals surface area contributed by atoms with Crippen LogP contribution in [0.15, 0.2) is 42.5 Å². The van der Waals surface area contributed by atoms with Crippen molar-refractivity contribution >= 4 is 23.3 Å². The summed E-state index contributed by atoms with van der Waals surface area (Å²) in [5, 5.41) is 5.84. The number of ether oxygens (including phenoxy) is 1. The topological polar surface area (TPSA) is 70.7 Å². The van der Waals surface area contributed by atoms with Crippen molar-refractivity contribution in [2.45, 2.75) is 44.7 Å². The molecule has 0 unspecified atom stereocenters. The number of hydrogen-bond acceptors (Lipinski definition) is 3. The third-order valence-corrected chi connectivity index (χ3v) is 5.39. The van der Waals surface area contributed by atoms with Crippen molar-refractivity contribution in [1.82, 2.24) is 5.32 Å². The zero-order chi connectivity index (χ0) is 20.2. The molecule has 1 heterocycles. The summed E-state index contributed by atoms with van der Waals surface area (Å²) in [7, 11) is 0. The van der Waals surface area contributed by atoms with Crippen LogP contribution in [-0.2, 0) is 11.3 Å². The molecule has 2 aromatic carbocycles. The summed E-state index contributed by atoms with van der Waals surface area (Å²) in [4.78, 5) is 26.1. The van der Waals surface area contributed by atoms with Gasteiger partial charge >= 0.3 is 6.03 Å². The Balaban J connectivity index is 1.47. The van der Waals surface area contributed by atoms with Gasteiger partial charge in [-0.15, -0.1) is 0 Å². The minimum absolute atomic E-state index is 0.122. The molecule has 6 nitrogen and oxygen atoms in total. The Morgan fingerprint density at radius 2 is 1.93 bits per heavy atom. The second kappa shape index (κ2) is 8.51. The molecule has 1 fully saturated rings. The summed E-state index contributed by atoms with van der Waals surface area (Å²) in [5.41, 5.74) is 1.57. The van der Waals surface area contributed by atoms with E-state index in [1.165, 1.54) is 17.4 Å². The van der Waals surface area contributed by atoms with Gasteiger partial charge in [0.05, 0.1) is 12.2 Å². The average molecular weight is 397 g/mol. The van der Waals surface area contributed by atoms with Crippen molar-refractivity contribution in [2.24, 2.45) is 0 Å². The molecular weight excluding hydrogens is 373 g/mol. The molecule has 2 aliphatic rings. The number of fused-ring (bicyclic) bond motifs is 1. The first-order chi connectivity index (χ1) is 14.1. The molecule has 7 heteroatoms. The molecular formula is C22H24FN3O3. The molecule has 4 rings (SSSR count). The number of hydrogen-bond donors (Lipinski definition) is 2. The molecule has 29 heavy (non-hydrogen) atoms. The molecule has 0 radical (unpaired) electrons. The lowest BCUT2D eigenvalue weighted by molar-refractivity contribution is -0.121. The van der Waals surface area contributed by atoms with Gasteiger partial charge in [0.1, 0.15) is 11.6 Å². The van der Waals surface area contributed by atoms with Crippen molar-refractivity contribution in [2.75, 3.05) is 16.8 Å². The van der Waals surface area contributed by atoms with Crippen molar-refractivity contribution in [1.29, 1.82) is 0 Å². The van der Waals surface area contributed by atoms with E-state index in [-0.39, 0.29) is 36.9 Å². The molecule has 152 valence electrons. The third-order valence-electron chi connectivity index (χ3n) is 5.39. The van der Waals surface area contributed by atoms with Crippen LogP contribution >= 0.6 is 0 Å². The first-order valence-corrected chi connectivity index (χ1v) is 9.98. The van der Waals surface area contributed by atoms with Gasteiger partial charge in [0.25, 0.3) is 5.91 Å². The van der Waals surface area contributed by atoms with Gasteiger partial charge in [0.2, 0.25) is 0 Å². The fourth-order valence-electron chi connectivity index (χ4n) is 3.85. The van der Waals surface area contributed by atoms with Crippen LogP contribution in [0, 0.1) is 5.82 Å². The smallest absolute Gasteiger partial charge is 0.319 e. The number of carbonyl (C=O) groups excluding carboxylic acids is 2. The van der Waals surface area contributed by atoms with Gasteiger partial charge in [-0.2, -0.15) is 0 Å².